The SMILES string of the molecule is C=CC[NH+](CC=C)Cc1cccc(-c2nc(CC(=O)[O-])cs2)c1. The van der Waals surface area contributed by atoms with Gasteiger partial charge < -0.3 is 14.8 Å². The van der Waals surface area contributed by atoms with Crippen molar-refractivity contribution in [2.24, 2.45) is 0 Å². The topological polar surface area (TPSA) is 57.5 Å². The minimum atomic E-state index is -1.11. The molecular formula is C18H20N2O2S. The van der Waals surface area contributed by atoms with E-state index >= 15 is 0 Å². The summed E-state index contributed by atoms with van der Waals surface area (Å²) in [6.07, 6.45) is 3.68. The number of thiazole rings is 1. The lowest BCUT2D eigenvalue weighted by molar-refractivity contribution is -0.902. The Balaban J connectivity index is 2.15. The monoisotopic (exact) mass is 328 g/mol. The van der Waals surface area contributed by atoms with E-state index in [0.717, 1.165) is 30.2 Å². The van der Waals surface area contributed by atoms with Crippen molar-refractivity contribution in [1.29, 1.82) is 0 Å². The van der Waals surface area contributed by atoms with E-state index in [2.05, 4.69) is 30.3 Å². The Morgan fingerprint density at radius 1 is 1.30 bits per heavy atom. The van der Waals surface area contributed by atoms with Crippen molar-refractivity contribution in [3.8, 4) is 10.6 Å². The zero-order valence-electron chi connectivity index (χ0n) is 13.0. The Morgan fingerprint density at radius 2 is 2.04 bits per heavy atom. The van der Waals surface area contributed by atoms with Gasteiger partial charge in [0.25, 0.3) is 0 Å². The van der Waals surface area contributed by atoms with Crippen molar-refractivity contribution in [3.63, 3.8) is 0 Å². The molecule has 2 aromatic rings. The molecule has 0 saturated carbocycles. The van der Waals surface area contributed by atoms with Crippen LogP contribution in [0.25, 0.3) is 10.6 Å². The van der Waals surface area contributed by atoms with Crippen LogP contribution in [0.3, 0.4) is 0 Å². The summed E-state index contributed by atoms with van der Waals surface area (Å²) >= 11 is 1.45. The summed E-state index contributed by atoms with van der Waals surface area (Å²) in [5.41, 5.74) is 2.76. The summed E-state index contributed by atoms with van der Waals surface area (Å²) in [5.74, 6) is -1.11. The number of carboxylic acid groups (broad SMARTS) is 1. The van der Waals surface area contributed by atoms with E-state index in [1.807, 2.05) is 24.3 Å². The predicted octanol–water partition coefficient (Wildman–Crippen LogP) is 0.859. The van der Waals surface area contributed by atoms with Crippen molar-refractivity contribution >= 4 is 17.3 Å². The Kier molecular flexibility index (Phi) is 6.26. The molecule has 1 aromatic carbocycles. The van der Waals surface area contributed by atoms with Crippen molar-refractivity contribution in [2.45, 2.75) is 13.0 Å². The molecule has 4 nitrogen and oxygen atoms in total. The van der Waals surface area contributed by atoms with Gasteiger partial charge in [0.15, 0.2) is 0 Å². The van der Waals surface area contributed by atoms with Crippen LogP contribution in [-0.2, 0) is 17.8 Å². The number of rotatable bonds is 9. The second-order valence-corrected chi connectivity index (χ2v) is 6.16. The first kappa shape index (κ1) is 17.1. The summed E-state index contributed by atoms with van der Waals surface area (Å²) < 4.78 is 0. The second kappa shape index (κ2) is 8.41. The average molecular weight is 328 g/mol. The van der Waals surface area contributed by atoms with E-state index in [1.165, 1.54) is 21.8 Å². The molecule has 5 heteroatoms. The molecule has 0 spiro atoms. The van der Waals surface area contributed by atoms with Crippen molar-refractivity contribution in [3.05, 3.63) is 66.2 Å². The summed E-state index contributed by atoms with van der Waals surface area (Å²) in [6, 6.07) is 8.19. The molecule has 0 unspecified atom stereocenters. The maximum Gasteiger partial charge on any atom is 0.123 e. The van der Waals surface area contributed by atoms with Gasteiger partial charge in [-0.15, -0.1) is 11.3 Å². The van der Waals surface area contributed by atoms with Crippen LogP contribution in [0.15, 0.2) is 55.0 Å². The number of carboxylic acids is 1. The van der Waals surface area contributed by atoms with Gasteiger partial charge in [-0.1, -0.05) is 31.4 Å². The minimum Gasteiger partial charge on any atom is -0.550 e. The Hall–Kier alpha value is -2.24. The van der Waals surface area contributed by atoms with Gasteiger partial charge in [0.1, 0.15) is 11.6 Å². The molecule has 0 bridgehead atoms. The molecule has 0 aliphatic rings. The number of nitrogens with zero attached hydrogens (tertiary/aromatic N) is 1. The summed E-state index contributed by atoms with van der Waals surface area (Å²) in [6.45, 7) is 10.2. The van der Waals surface area contributed by atoms with Crippen LogP contribution in [0, 0.1) is 0 Å². The molecular weight excluding hydrogens is 308 g/mol. The quantitative estimate of drug-likeness (QED) is 0.695. The maximum absolute atomic E-state index is 10.6. The Morgan fingerprint density at radius 3 is 2.70 bits per heavy atom. The van der Waals surface area contributed by atoms with Crippen molar-refractivity contribution < 1.29 is 14.8 Å². The fourth-order valence-corrected chi connectivity index (χ4v) is 3.22. The van der Waals surface area contributed by atoms with E-state index in [4.69, 9.17) is 0 Å². The largest absolute Gasteiger partial charge is 0.550 e. The van der Waals surface area contributed by atoms with Crippen LogP contribution in [0.1, 0.15) is 11.3 Å². The third-order valence-electron chi connectivity index (χ3n) is 3.37. The highest BCUT2D eigenvalue weighted by molar-refractivity contribution is 7.13. The number of quaternary nitrogens is 1. The highest BCUT2D eigenvalue weighted by atomic mass is 32.1. The van der Waals surface area contributed by atoms with Gasteiger partial charge in [0.2, 0.25) is 0 Å². The molecule has 0 atom stereocenters. The van der Waals surface area contributed by atoms with Crippen LogP contribution < -0.4 is 10.0 Å². The third kappa shape index (κ3) is 5.16. The zero-order chi connectivity index (χ0) is 16.7. The number of carbonyl (C=O) groups excluding carboxylic acids is 1. The van der Waals surface area contributed by atoms with Crippen molar-refractivity contribution in [1.82, 2.24) is 4.98 Å². The number of nitrogens with one attached hydrogen (secondary N) is 1. The number of aromatic nitrogens is 1. The highest BCUT2D eigenvalue weighted by Gasteiger charge is 2.09. The third-order valence-corrected chi connectivity index (χ3v) is 4.31. The van der Waals surface area contributed by atoms with Crippen LogP contribution in [0.5, 0.6) is 0 Å². The Bertz CT molecular complexity index is 684. The lowest BCUT2D eigenvalue weighted by atomic mass is 10.1. The molecule has 0 fully saturated rings. The smallest absolute Gasteiger partial charge is 0.123 e. The van der Waals surface area contributed by atoms with E-state index < -0.39 is 5.97 Å². The molecule has 0 radical (unpaired) electrons. The van der Waals surface area contributed by atoms with Gasteiger partial charge in [0.05, 0.1) is 18.8 Å². The van der Waals surface area contributed by atoms with Crippen LogP contribution >= 0.6 is 11.3 Å². The molecule has 1 aromatic heterocycles. The molecule has 23 heavy (non-hydrogen) atoms. The molecule has 0 aliphatic heterocycles. The molecule has 0 aliphatic carbocycles. The van der Waals surface area contributed by atoms with Gasteiger partial charge in [-0.2, -0.15) is 0 Å². The van der Waals surface area contributed by atoms with E-state index in [-0.39, 0.29) is 6.42 Å². The number of carbonyl (C=O) groups is 1. The number of benzene rings is 1. The number of aliphatic carboxylic acids is 1. The number of hydrogen-bond acceptors (Lipinski definition) is 4. The first-order valence-corrected chi connectivity index (χ1v) is 8.29. The summed E-state index contributed by atoms with van der Waals surface area (Å²) in [7, 11) is 0. The van der Waals surface area contributed by atoms with Crippen LogP contribution in [0.4, 0.5) is 0 Å². The van der Waals surface area contributed by atoms with Gasteiger partial charge in [0, 0.05) is 28.9 Å². The van der Waals surface area contributed by atoms with Gasteiger partial charge in [-0.05, 0) is 18.2 Å². The molecule has 0 saturated heterocycles. The normalized spacial score (nSPS) is 10.7. The summed E-state index contributed by atoms with van der Waals surface area (Å²) in [4.78, 5) is 16.4. The average Bonchev–Trinajstić information content (AvgIpc) is 2.96. The van der Waals surface area contributed by atoms with Crippen molar-refractivity contribution in [2.75, 3.05) is 13.1 Å². The van der Waals surface area contributed by atoms with Gasteiger partial charge in [-0.3, -0.25) is 0 Å². The maximum atomic E-state index is 10.6. The van der Waals surface area contributed by atoms with Gasteiger partial charge in [-0.25, -0.2) is 4.98 Å². The fraction of sp³-hybridized carbons (Fsp3) is 0.222. The predicted molar refractivity (Wildman–Crippen MR) is 91.1 cm³/mol. The molecule has 2 rings (SSSR count). The second-order valence-electron chi connectivity index (χ2n) is 5.31. The van der Waals surface area contributed by atoms with Gasteiger partial charge >= 0.3 is 0 Å². The molecule has 1 heterocycles. The fourth-order valence-electron chi connectivity index (χ4n) is 2.41. The lowest BCUT2D eigenvalue weighted by Crippen LogP contribution is -3.10. The van der Waals surface area contributed by atoms with E-state index in [1.54, 1.807) is 5.38 Å². The lowest BCUT2D eigenvalue weighted by Gasteiger charge is -2.16. The van der Waals surface area contributed by atoms with Crippen LogP contribution in [0.2, 0.25) is 0 Å². The summed E-state index contributed by atoms with van der Waals surface area (Å²) in [5, 5.41) is 13.2. The number of hydrogen-bond donors (Lipinski definition) is 1. The molecule has 0 amide bonds. The first-order chi connectivity index (χ1) is 11.1. The molecule has 120 valence electrons. The minimum absolute atomic E-state index is 0.146. The standard InChI is InChI=1S/C18H20N2O2S/c1-3-8-20(9-4-2)12-14-6-5-7-15(10-14)18-19-16(13-23-18)11-17(21)22/h3-7,10,13H,1-2,8-9,11-12H2,(H,21,22). The highest BCUT2D eigenvalue weighted by Crippen LogP contribution is 2.24. The van der Waals surface area contributed by atoms with E-state index in [9.17, 15) is 9.90 Å². The van der Waals surface area contributed by atoms with Crippen LogP contribution in [-0.4, -0.2) is 24.0 Å². The Labute approximate surface area is 140 Å². The van der Waals surface area contributed by atoms with E-state index in [0.29, 0.717) is 5.69 Å². The zero-order valence-corrected chi connectivity index (χ0v) is 13.8. The molecule has 1 N–H and O–H groups in total. The first-order valence-electron chi connectivity index (χ1n) is 7.41.